The molecule has 0 saturated heterocycles. The fourth-order valence-corrected chi connectivity index (χ4v) is 0. The first-order valence-electron chi connectivity index (χ1n) is 7.07. The van der Waals surface area contributed by atoms with E-state index < -0.39 is 59.6 Å². The number of aliphatic hydroxyl groups is 4. The summed E-state index contributed by atoms with van der Waals surface area (Å²) in [6.45, 7) is 4.54. The van der Waals surface area contributed by atoms with Gasteiger partial charge >= 0.3 is 21.7 Å². The van der Waals surface area contributed by atoms with E-state index in [1.165, 1.54) is 0 Å². The molecule has 0 spiro atoms. The third-order valence-electron chi connectivity index (χ3n) is 1.36. The molecule has 0 aliphatic carbocycles. The fourth-order valence-electron chi connectivity index (χ4n) is 0. The van der Waals surface area contributed by atoms with Crippen molar-refractivity contribution in [2.45, 2.75) is 52.1 Å². The SMILES string of the molecule is CC(O)C(=O)[O-].CC(O)C(=O)[O-].CC(O)C(=O)[O-].CC(O)C(=O)[O-].[NH4+].[NH4+].[O-][NH2+][O-].[O-][NH2+][O-].[Ti+4]. The van der Waals surface area contributed by atoms with Gasteiger partial charge in [0.15, 0.2) is 0 Å². The number of quaternary nitrogens is 4. The van der Waals surface area contributed by atoms with E-state index in [0.29, 0.717) is 0 Å². The molecule has 0 aromatic carbocycles. The molecule has 4 unspecified atom stereocenters. The van der Waals surface area contributed by atoms with E-state index in [-0.39, 0.29) is 34.0 Å². The van der Waals surface area contributed by atoms with E-state index in [1.54, 1.807) is 0 Å². The van der Waals surface area contributed by atoms with Crippen molar-refractivity contribution in [3.63, 3.8) is 0 Å². The number of rotatable bonds is 4. The predicted octanol–water partition coefficient (Wildman–Crippen LogP) is -9.69. The second-order valence-electron chi connectivity index (χ2n) is 4.17. The number of carboxylic acids is 4. The Morgan fingerprint density at radius 3 is 0.545 bits per heavy atom. The van der Waals surface area contributed by atoms with E-state index >= 15 is 0 Å². The minimum Gasteiger partial charge on any atom is -0.635 e. The molecule has 0 amide bonds. The summed E-state index contributed by atoms with van der Waals surface area (Å²) in [6, 6.07) is 0. The van der Waals surface area contributed by atoms with Crippen LogP contribution in [-0.4, -0.2) is 68.7 Å². The minimum atomic E-state index is -1.44. The van der Waals surface area contributed by atoms with Crippen LogP contribution in [0.5, 0.6) is 0 Å². The Balaban J connectivity index is -0.0000000300. The Morgan fingerprint density at radius 2 is 0.545 bits per heavy atom. The third-order valence-corrected chi connectivity index (χ3v) is 1.36. The molecule has 16 N–H and O–H groups in total. The molecule has 20 nitrogen and oxygen atoms in total. The Hall–Kier alpha value is -1.89. The summed E-state index contributed by atoms with van der Waals surface area (Å²) in [7, 11) is 0. The Morgan fingerprint density at radius 1 is 0.515 bits per heavy atom. The Bertz CT molecular complexity index is 352. The molecule has 0 bridgehead atoms. The van der Waals surface area contributed by atoms with E-state index in [0.717, 1.165) is 27.7 Å². The number of carbonyl (C=O) groups excluding carboxylic acids is 4. The Labute approximate surface area is 202 Å². The summed E-state index contributed by atoms with van der Waals surface area (Å²) in [6.07, 6.45) is -5.37. The topological polar surface area (TPSA) is 440 Å². The second-order valence-corrected chi connectivity index (χ2v) is 4.17. The van der Waals surface area contributed by atoms with Gasteiger partial charge in [-0.1, -0.05) is 0 Å². The van der Waals surface area contributed by atoms with Gasteiger partial charge in [0.2, 0.25) is 0 Å². The second kappa shape index (κ2) is 43.9. The molecule has 0 fully saturated rings. The predicted molar refractivity (Wildman–Crippen MR) is 96.0 cm³/mol. The summed E-state index contributed by atoms with van der Waals surface area (Å²) >= 11 is 0. The fraction of sp³-hybridized carbons (Fsp3) is 0.667. The van der Waals surface area contributed by atoms with Crippen molar-refractivity contribution in [1.82, 2.24) is 12.3 Å². The molecule has 0 aromatic heterocycles. The van der Waals surface area contributed by atoms with Gasteiger partial charge < -0.3 is 104 Å². The van der Waals surface area contributed by atoms with Crippen LogP contribution in [0.2, 0.25) is 0 Å². The van der Waals surface area contributed by atoms with E-state index in [1.807, 2.05) is 0 Å². The maximum Gasteiger partial charge on any atom is 4.00 e. The molecule has 0 aromatic rings. The smallest absolute Gasteiger partial charge is 0.635 e. The van der Waals surface area contributed by atoms with Crippen molar-refractivity contribution in [1.29, 1.82) is 0 Å². The molecule has 0 heterocycles. The molecular formula is C12H32N4O16Ti. The maximum absolute atomic E-state index is 9.34. The minimum absolute atomic E-state index is 0. The molecule has 21 heteroatoms. The quantitative estimate of drug-likeness (QED) is 0.122. The molecule has 200 valence electrons. The van der Waals surface area contributed by atoms with Gasteiger partial charge in [-0.2, -0.15) is 0 Å². The van der Waals surface area contributed by atoms with Crippen LogP contribution in [-0.2, 0) is 40.9 Å². The number of carbonyl (C=O) groups is 4. The third kappa shape index (κ3) is 119. The monoisotopic (exact) mass is 536 g/mol. The molecule has 0 radical (unpaired) electrons. The van der Waals surface area contributed by atoms with Crippen molar-refractivity contribution in [2.75, 3.05) is 0 Å². The van der Waals surface area contributed by atoms with E-state index in [9.17, 15) is 39.6 Å². The molecule has 0 rings (SSSR count). The molecular weight excluding hydrogens is 504 g/mol. The number of aliphatic carboxylic acids is 4. The summed E-state index contributed by atoms with van der Waals surface area (Å²) < 4.78 is 0. The number of aliphatic hydroxyl groups excluding tert-OH is 4. The van der Waals surface area contributed by atoms with Crippen molar-refractivity contribution in [3.8, 4) is 0 Å². The van der Waals surface area contributed by atoms with Crippen LogP contribution in [0.4, 0.5) is 0 Å². The first-order chi connectivity index (χ1) is 13.4. The van der Waals surface area contributed by atoms with Gasteiger partial charge in [-0.3, -0.25) is 0 Å². The van der Waals surface area contributed by atoms with Crippen LogP contribution in [0, 0.1) is 20.8 Å². The molecule has 0 aliphatic rings. The molecule has 4 atom stereocenters. The summed E-state index contributed by atoms with van der Waals surface area (Å²) in [5, 5.41) is 102. The molecule has 0 aliphatic heterocycles. The van der Waals surface area contributed by atoms with E-state index in [2.05, 4.69) is 0 Å². The zero-order chi connectivity index (χ0) is 26.0. The number of hydrogen-bond acceptors (Lipinski definition) is 16. The number of hydrogen-bond donors (Lipinski definition) is 8. The van der Waals surface area contributed by atoms with Gasteiger partial charge in [-0.05, 0) is 27.7 Å². The van der Waals surface area contributed by atoms with E-state index in [4.69, 9.17) is 41.3 Å². The maximum atomic E-state index is 9.34. The van der Waals surface area contributed by atoms with Gasteiger partial charge in [-0.25, -0.2) is 0 Å². The average molecular weight is 536 g/mol. The first kappa shape index (κ1) is 57.7. The molecule has 33 heavy (non-hydrogen) atoms. The zero-order valence-electron chi connectivity index (χ0n) is 18.7. The zero-order valence-corrected chi connectivity index (χ0v) is 20.2. The standard InChI is InChI=1S/4C3H6O3.2H2NO2.2H3N.Ti/c4*1-2(4)3(5)6;2*2-1-3;;;/h4*2,4H,1H3,(H,5,6);2*1H2;2*1H3;/q;;;;2*-1;;;+4/p-2. The van der Waals surface area contributed by atoms with Crippen LogP contribution >= 0.6 is 0 Å². The van der Waals surface area contributed by atoms with Crippen molar-refractivity contribution in [2.24, 2.45) is 0 Å². The van der Waals surface area contributed by atoms with Crippen molar-refractivity contribution in [3.05, 3.63) is 20.8 Å². The van der Waals surface area contributed by atoms with Gasteiger partial charge in [0.05, 0.1) is 48.3 Å². The van der Waals surface area contributed by atoms with Crippen LogP contribution in [0.25, 0.3) is 0 Å². The van der Waals surface area contributed by atoms with Crippen LogP contribution in [0.1, 0.15) is 27.7 Å². The van der Waals surface area contributed by atoms with Gasteiger partial charge in [0, 0.05) is 0 Å². The van der Waals surface area contributed by atoms with Gasteiger partial charge in [0.1, 0.15) is 0 Å². The summed E-state index contributed by atoms with van der Waals surface area (Å²) in [5.41, 5.74) is -1.00. The van der Waals surface area contributed by atoms with Crippen LogP contribution in [0.15, 0.2) is 0 Å². The summed E-state index contributed by atoms with van der Waals surface area (Å²) in [4.78, 5) is 37.4. The average Bonchev–Trinajstić information content (AvgIpc) is 2.57. The normalized spacial score (nSPS) is 11.0. The summed E-state index contributed by atoms with van der Waals surface area (Å²) in [5.74, 6) is -5.74. The number of carboxylic acid groups (broad SMARTS) is 4. The molecule has 0 saturated carbocycles. The Kier molecular flexibility index (Phi) is 76.8. The van der Waals surface area contributed by atoms with Crippen LogP contribution < -0.4 is 44.0 Å². The van der Waals surface area contributed by atoms with Crippen molar-refractivity contribution >= 4 is 23.9 Å². The van der Waals surface area contributed by atoms with Crippen molar-refractivity contribution < 1.29 is 93.0 Å². The van der Waals surface area contributed by atoms with Gasteiger partial charge in [0.25, 0.3) is 0 Å². The first-order valence-corrected chi connectivity index (χ1v) is 7.07. The van der Waals surface area contributed by atoms with Crippen LogP contribution in [0.3, 0.4) is 0 Å². The van der Waals surface area contributed by atoms with Gasteiger partial charge in [-0.15, -0.1) is 0 Å². The largest absolute Gasteiger partial charge is 4.00 e. The number of nitrogens with two attached hydrogens (primary N) is 2.